The zero-order valence-corrected chi connectivity index (χ0v) is 19.7. The number of aromatic nitrogens is 1. The molecular formula is C27H32N4O3. The predicted octanol–water partition coefficient (Wildman–Crippen LogP) is 3.66. The number of nitrogens with one attached hydrogen (secondary N) is 1. The lowest BCUT2D eigenvalue weighted by atomic mass is 9.85. The molecular weight excluding hydrogens is 428 g/mol. The molecule has 7 nitrogen and oxygen atoms in total. The minimum Gasteiger partial charge on any atom is -0.383 e. The number of rotatable bonds is 8. The van der Waals surface area contributed by atoms with Crippen molar-refractivity contribution in [2.24, 2.45) is 0 Å². The van der Waals surface area contributed by atoms with Crippen molar-refractivity contribution in [3.63, 3.8) is 0 Å². The number of amides is 3. The van der Waals surface area contributed by atoms with Crippen molar-refractivity contribution >= 4 is 22.8 Å². The van der Waals surface area contributed by atoms with Crippen molar-refractivity contribution in [3.05, 3.63) is 71.9 Å². The average molecular weight is 461 g/mol. The van der Waals surface area contributed by atoms with E-state index in [1.165, 1.54) is 16.0 Å². The lowest BCUT2D eigenvalue weighted by molar-refractivity contribution is -0.135. The van der Waals surface area contributed by atoms with E-state index in [9.17, 15) is 9.59 Å². The van der Waals surface area contributed by atoms with Gasteiger partial charge < -0.3 is 14.6 Å². The SMILES string of the molecule is COCCN1C(=O)N(CCc2ccccc2)C(=O)C12CCN(Cc1cc3ccccc3[nH]1)CC2. The molecule has 0 radical (unpaired) electrons. The van der Waals surface area contributed by atoms with Crippen LogP contribution in [0.5, 0.6) is 0 Å². The second-order valence-corrected chi connectivity index (χ2v) is 9.31. The van der Waals surface area contributed by atoms with E-state index >= 15 is 0 Å². The number of carbonyl (C=O) groups is 2. The molecule has 0 bridgehead atoms. The molecule has 1 aromatic heterocycles. The zero-order valence-electron chi connectivity index (χ0n) is 19.7. The van der Waals surface area contributed by atoms with Gasteiger partial charge in [-0.3, -0.25) is 14.6 Å². The van der Waals surface area contributed by atoms with E-state index in [-0.39, 0.29) is 11.9 Å². The molecule has 1 N–H and O–H groups in total. The van der Waals surface area contributed by atoms with Gasteiger partial charge in [0.15, 0.2) is 0 Å². The van der Waals surface area contributed by atoms with Crippen LogP contribution in [0.15, 0.2) is 60.7 Å². The first-order valence-corrected chi connectivity index (χ1v) is 12.1. The summed E-state index contributed by atoms with van der Waals surface area (Å²) in [6.45, 7) is 3.61. The number of ether oxygens (including phenoxy) is 1. The molecule has 2 fully saturated rings. The number of nitrogens with zero attached hydrogens (tertiary/aromatic N) is 3. The Labute approximate surface area is 200 Å². The Morgan fingerprint density at radius 3 is 2.44 bits per heavy atom. The van der Waals surface area contributed by atoms with Crippen molar-refractivity contribution in [2.45, 2.75) is 31.3 Å². The maximum absolute atomic E-state index is 13.7. The normalized spacial score (nSPS) is 18.5. The van der Waals surface area contributed by atoms with Gasteiger partial charge in [0, 0.05) is 51.0 Å². The van der Waals surface area contributed by atoms with Gasteiger partial charge in [0.25, 0.3) is 5.91 Å². The van der Waals surface area contributed by atoms with E-state index < -0.39 is 5.54 Å². The van der Waals surface area contributed by atoms with Crippen LogP contribution in [0.4, 0.5) is 4.79 Å². The number of likely N-dealkylation sites (tertiary alicyclic amines) is 1. The number of hydrogen-bond acceptors (Lipinski definition) is 4. The Kier molecular flexibility index (Phi) is 6.39. The average Bonchev–Trinajstić information content (AvgIpc) is 3.35. The van der Waals surface area contributed by atoms with Crippen LogP contribution in [0.1, 0.15) is 24.1 Å². The highest BCUT2D eigenvalue weighted by Gasteiger charge is 2.57. The van der Waals surface area contributed by atoms with E-state index in [1.807, 2.05) is 42.5 Å². The number of urea groups is 1. The highest BCUT2D eigenvalue weighted by atomic mass is 16.5. The number of para-hydroxylation sites is 1. The molecule has 178 valence electrons. The number of carbonyl (C=O) groups excluding carboxylic acids is 2. The minimum atomic E-state index is -0.761. The Hall–Kier alpha value is -3.16. The second kappa shape index (κ2) is 9.60. The molecule has 7 heteroatoms. The van der Waals surface area contributed by atoms with Crippen molar-refractivity contribution in [2.75, 3.05) is 39.9 Å². The number of piperidine rings is 1. The topological polar surface area (TPSA) is 68.9 Å². The number of fused-ring (bicyclic) bond motifs is 1. The van der Waals surface area contributed by atoms with Crippen molar-refractivity contribution in [1.82, 2.24) is 19.7 Å². The quantitative estimate of drug-likeness (QED) is 0.521. The third-order valence-electron chi connectivity index (χ3n) is 7.27. The molecule has 0 unspecified atom stereocenters. The smallest absolute Gasteiger partial charge is 0.327 e. The molecule has 0 atom stereocenters. The Bertz CT molecular complexity index is 1120. The summed E-state index contributed by atoms with van der Waals surface area (Å²) in [6.07, 6.45) is 1.95. The summed E-state index contributed by atoms with van der Waals surface area (Å²) in [6, 6.07) is 20.3. The van der Waals surface area contributed by atoms with Gasteiger partial charge in [0.05, 0.1) is 6.61 Å². The molecule has 34 heavy (non-hydrogen) atoms. The Balaban J connectivity index is 1.28. The van der Waals surface area contributed by atoms with Crippen LogP contribution in [-0.4, -0.2) is 77.1 Å². The highest BCUT2D eigenvalue weighted by Crippen LogP contribution is 2.37. The maximum Gasteiger partial charge on any atom is 0.327 e. The van der Waals surface area contributed by atoms with Crippen LogP contribution < -0.4 is 0 Å². The van der Waals surface area contributed by atoms with Crippen LogP contribution in [0, 0.1) is 0 Å². The number of H-pyrrole nitrogens is 1. The summed E-state index contributed by atoms with van der Waals surface area (Å²) >= 11 is 0. The van der Waals surface area contributed by atoms with Crippen LogP contribution in [0.3, 0.4) is 0 Å². The molecule has 2 aromatic carbocycles. The summed E-state index contributed by atoms with van der Waals surface area (Å²) in [5, 5.41) is 1.21. The summed E-state index contributed by atoms with van der Waals surface area (Å²) in [7, 11) is 1.63. The predicted molar refractivity (Wildman–Crippen MR) is 131 cm³/mol. The summed E-state index contributed by atoms with van der Waals surface area (Å²) in [4.78, 5) is 36.1. The van der Waals surface area contributed by atoms with Crippen LogP contribution in [-0.2, 0) is 22.5 Å². The number of methoxy groups -OCH3 is 1. The van der Waals surface area contributed by atoms with E-state index in [0.29, 0.717) is 39.0 Å². The first kappa shape index (κ1) is 22.6. The van der Waals surface area contributed by atoms with Crippen molar-refractivity contribution in [3.8, 4) is 0 Å². The van der Waals surface area contributed by atoms with Crippen molar-refractivity contribution in [1.29, 1.82) is 0 Å². The first-order valence-electron chi connectivity index (χ1n) is 12.1. The lowest BCUT2D eigenvalue weighted by Crippen LogP contribution is -2.57. The molecule has 2 aliphatic rings. The van der Waals surface area contributed by atoms with Gasteiger partial charge in [-0.15, -0.1) is 0 Å². The molecule has 3 aromatic rings. The van der Waals surface area contributed by atoms with E-state index in [1.54, 1.807) is 12.0 Å². The van der Waals surface area contributed by atoms with Gasteiger partial charge >= 0.3 is 6.03 Å². The third kappa shape index (κ3) is 4.21. The molecule has 2 aliphatic heterocycles. The fourth-order valence-electron chi connectivity index (χ4n) is 5.38. The minimum absolute atomic E-state index is 0.0465. The molecule has 2 saturated heterocycles. The van der Waals surface area contributed by atoms with Gasteiger partial charge in [-0.2, -0.15) is 0 Å². The Morgan fingerprint density at radius 2 is 1.71 bits per heavy atom. The van der Waals surface area contributed by atoms with Gasteiger partial charge in [0.1, 0.15) is 5.54 Å². The second-order valence-electron chi connectivity index (χ2n) is 9.31. The van der Waals surface area contributed by atoms with E-state index in [2.05, 4.69) is 28.1 Å². The summed E-state index contributed by atoms with van der Waals surface area (Å²) < 4.78 is 5.28. The number of hydrogen-bond donors (Lipinski definition) is 1. The number of imide groups is 1. The molecule has 0 saturated carbocycles. The Morgan fingerprint density at radius 1 is 0.971 bits per heavy atom. The monoisotopic (exact) mass is 460 g/mol. The molecule has 3 amide bonds. The first-order chi connectivity index (χ1) is 16.6. The molecule has 3 heterocycles. The molecule has 0 aliphatic carbocycles. The number of benzene rings is 2. The van der Waals surface area contributed by atoms with Crippen LogP contribution in [0.25, 0.3) is 10.9 Å². The largest absolute Gasteiger partial charge is 0.383 e. The summed E-state index contributed by atoms with van der Waals surface area (Å²) in [5.41, 5.74) is 2.68. The third-order valence-corrected chi connectivity index (χ3v) is 7.27. The molecule has 1 spiro atoms. The van der Waals surface area contributed by atoms with Gasteiger partial charge in [-0.1, -0.05) is 48.5 Å². The fourth-order valence-corrected chi connectivity index (χ4v) is 5.38. The van der Waals surface area contributed by atoms with Crippen LogP contribution >= 0.6 is 0 Å². The maximum atomic E-state index is 13.7. The zero-order chi connectivity index (χ0) is 23.5. The lowest BCUT2D eigenvalue weighted by Gasteiger charge is -2.42. The van der Waals surface area contributed by atoms with Gasteiger partial charge in [-0.05, 0) is 42.3 Å². The van der Waals surface area contributed by atoms with Crippen LogP contribution in [0.2, 0.25) is 0 Å². The van der Waals surface area contributed by atoms with Gasteiger partial charge in [0.2, 0.25) is 0 Å². The fraction of sp³-hybridized carbons (Fsp3) is 0.407. The van der Waals surface area contributed by atoms with Crippen molar-refractivity contribution < 1.29 is 14.3 Å². The summed E-state index contributed by atoms with van der Waals surface area (Å²) in [5.74, 6) is -0.0465. The highest BCUT2D eigenvalue weighted by molar-refractivity contribution is 6.07. The standard InChI is InChI=1S/C27H32N4O3/c1-34-18-17-31-26(33)30(14-11-21-7-3-2-4-8-21)25(32)27(31)12-15-29(16-13-27)20-23-19-22-9-5-6-10-24(22)28-23/h2-10,19,28H,11-18,20H2,1H3. The van der Waals surface area contributed by atoms with Gasteiger partial charge in [-0.25, -0.2) is 4.79 Å². The molecule has 5 rings (SSSR count). The van der Waals surface area contributed by atoms with E-state index in [0.717, 1.165) is 30.7 Å². The number of aromatic amines is 1. The van der Waals surface area contributed by atoms with E-state index in [4.69, 9.17) is 4.74 Å².